The second-order valence-corrected chi connectivity index (χ2v) is 6.64. The van der Waals surface area contributed by atoms with Gasteiger partial charge in [-0.1, -0.05) is 24.3 Å². The van der Waals surface area contributed by atoms with Crippen molar-refractivity contribution in [2.75, 3.05) is 13.1 Å². The topological polar surface area (TPSA) is 58.7 Å². The Bertz CT molecular complexity index is 876. The summed E-state index contributed by atoms with van der Waals surface area (Å²) in [7, 11) is 0. The Hall–Kier alpha value is -2.63. The van der Waals surface area contributed by atoms with Gasteiger partial charge in [0, 0.05) is 25.2 Å². The van der Waals surface area contributed by atoms with E-state index in [1.807, 2.05) is 61.5 Å². The fraction of sp³-hybridized carbons (Fsp3) is 0.286. The van der Waals surface area contributed by atoms with Crippen LogP contribution in [0.25, 0.3) is 11.5 Å². The van der Waals surface area contributed by atoms with E-state index in [0.717, 1.165) is 41.5 Å². The molecular formula is C21H22N2O3. The summed E-state index contributed by atoms with van der Waals surface area (Å²) in [5.41, 5.74) is 1.80. The van der Waals surface area contributed by atoms with Gasteiger partial charge in [-0.15, -0.1) is 0 Å². The Kier molecular flexibility index (Phi) is 4.73. The molecule has 0 spiro atoms. The summed E-state index contributed by atoms with van der Waals surface area (Å²) in [5.74, 6) is 2.95. The molecule has 0 aliphatic carbocycles. The summed E-state index contributed by atoms with van der Waals surface area (Å²) < 4.78 is 11.8. The van der Waals surface area contributed by atoms with E-state index in [9.17, 15) is 5.11 Å². The molecule has 0 bridgehead atoms. The van der Waals surface area contributed by atoms with Crippen LogP contribution >= 0.6 is 0 Å². The molecule has 1 N–H and O–H groups in total. The zero-order valence-electron chi connectivity index (χ0n) is 14.8. The molecule has 5 nitrogen and oxygen atoms in total. The molecule has 1 aromatic heterocycles. The van der Waals surface area contributed by atoms with Crippen molar-refractivity contribution in [1.82, 2.24) is 9.88 Å². The zero-order valence-corrected chi connectivity index (χ0v) is 14.8. The van der Waals surface area contributed by atoms with E-state index in [1.54, 1.807) is 0 Å². The van der Waals surface area contributed by atoms with Crippen molar-refractivity contribution in [3.05, 3.63) is 66.1 Å². The van der Waals surface area contributed by atoms with Crippen LogP contribution in [-0.2, 0) is 6.54 Å². The second-order valence-electron chi connectivity index (χ2n) is 6.64. The fourth-order valence-electron chi connectivity index (χ4n) is 3.18. The Labute approximate surface area is 152 Å². The maximum atomic E-state index is 9.68. The summed E-state index contributed by atoms with van der Waals surface area (Å²) in [5, 5.41) is 9.68. The van der Waals surface area contributed by atoms with Crippen LogP contribution in [0.2, 0.25) is 0 Å². The maximum Gasteiger partial charge on any atom is 0.226 e. The highest BCUT2D eigenvalue weighted by Gasteiger charge is 2.22. The van der Waals surface area contributed by atoms with Gasteiger partial charge < -0.3 is 14.3 Å². The normalized spacial score (nSPS) is 17.5. The summed E-state index contributed by atoms with van der Waals surface area (Å²) in [6.45, 7) is 4.22. The van der Waals surface area contributed by atoms with E-state index < -0.39 is 0 Å². The van der Waals surface area contributed by atoms with Crippen molar-refractivity contribution in [3.63, 3.8) is 0 Å². The summed E-state index contributed by atoms with van der Waals surface area (Å²) >= 11 is 0. The molecule has 0 amide bonds. The van der Waals surface area contributed by atoms with Gasteiger partial charge in [0.1, 0.15) is 17.3 Å². The zero-order chi connectivity index (χ0) is 17.9. The number of nitrogens with zero attached hydrogens (tertiary/aromatic N) is 2. The van der Waals surface area contributed by atoms with Crippen LogP contribution in [0.4, 0.5) is 0 Å². The Balaban J connectivity index is 1.52. The number of hydrogen-bond acceptors (Lipinski definition) is 5. The van der Waals surface area contributed by atoms with Gasteiger partial charge in [-0.3, -0.25) is 4.90 Å². The number of aliphatic hydroxyl groups excluding tert-OH is 1. The second kappa shape index (κ2) is 7.32. The lowest BCUT2D eigenvalue weighted by Gasteiger charge is -2.12. The average molecular weight is 350 g/mol. The van der Waals surface area contributed by atoms with Gasteiger partial charge in [-0.2, -0.15) is 0 Å². The number of β-amino-alcohol motifs (C(OH)–C–C–N with tert-alkyl or cyclic N) is 1. The minimum atomic E-state index is -0.228. The number of benzene rings is 2. The third-order valence-corrected chi connectivity index (χ3v) is 4.57. The first-order valence-corrected chi connectivity index (χ1v) is 8.87. The summed E-state index contributed by atoms with van der Waals surface area (Å²) in [4.78, 5) is 6.87. The number of aliphatic hydroxyl groups is 1. The number of para-hydroxylation sites is 1. The molecule has 1 saturated heterocycles. The van der Waals surface area contributed by atoms with Gasteiger partial charge in [-0.25, -0.2) is 4.98 Å². The molecule has 2 heterocycles. The van der Waals surface area contributed by atoms with Crippen LogP contribution < -0.4 is 4.74 Å². The van der Waals surface area contributed by atoms with Crippen LogP contribution in [0.1, 0.15) is 17.9 Å². The van der Waals surface area contributed by atoms with E-state index in [2.05, 4.69) is 9.88 Å². The molecule has 0 saturated carbocycles. The van der Waals surface area contributed by atoms with Crippen LogP contribution in [0.5, 0.6) is 11.5 Å². The molecule has 0 radical (unpaired) electrons. The van der Waals surface area contributed by atoms with Crippen molar-refractivity contribution >= 4 is 0 Å². The molecule has 0 unspecified atom stereocenters. The molecule has 4 rings (SSSR count). The van der Waals surface area contributed by atoms with E-state index in [1.165, 1.54) is 0 Å². The predicted molar refractivity (Wildman–Crippen MR) is 99.1 cm³/mol. The van der Waals surface area contributed by atoms with E-state index >= 15 is 0 Å². The smallest absolute Gasteiger partial charge is 0.226 e. The van der Waals surface area contributed by atoms with Gasteiger partial charge in [0.25, 0.3) is 0 Å². The highest BCUT2D eigenvalue weighted by atomic mass is 16.5. The Morgan fingerprint density at radius 3 is 2.73 bits per heavy atom. The monoisotopic (exact) mass is 350 g/mol. The number of hydrogen-bond donors (Lipinski definition) is 1. The first-order valence-electron chi connectivity index (χ1n) is 8.87. The molecule has 1 aliphatic rings. The third-order valence-electron chi connectivity index (χ3n) is 4.57. The predicted octanol–water partition coefficient (Wildman–Crippen LogP) is 4.01. The lowest BCUT2D eigenvalue weighted by atomic mass is 10.2. The highest BCUT2D eigenvalue weighted by Crippen LogP contribution is 2.28. The standard InChI is InChI=1S/C21H22N2O3/c1-15-20(14-23-11-10-17(24)13-23)22-21(25-15)16-6-5-9-19(12-16)26-18-7-3-2-4-8-18/h2-9,12,17,24H,10-11,13-14H2,1H3/t17-/m1/s1. The molecule has 5 heteroatoms. The van der Waals surface area contributed by atoms with E-state index in [0.29, 0.717) is 19.0 Å². The first-order chi connectivity index (χ1) is 12.7. The molecule has 1 atom stereocenters. The minimum Gasteiger partial charge on any atom is -0.457 e. The van der Waals surface area contributed by atoms with Crippen LogP contribution in [0, 0.1) is 6.92 Å². The number of aryl methyl sites for hydroxylation is 1. The summed E-state index contributed by atoms with van der Waals surface area (Å²) in [6, 6.07) is 17.4. The van der Waals surface area contributed by atoms with E-state index in [4.69, 9.17) is 9.15 Å². The maximum absolute atomic E-state index is 9.68. The first kappa shape index (κ1) is 16.8. The Morgan fingerprint density at radius 1 is 1.15 bits per heavy atom. The molecule has 2 aromatic carbocycles. The van der Waals surface area contributed by atoms with Crippen molar-refractivity contribution in [1.29, 1.82) is 0 Å². The lowest BCUT2D eigenvalue weighted by Crippen LogP contribution is -2.22. The lowest BCUT2D eigenvalue weighted by molar-refractivity contribution is 0.174. The fourth-order valence-corrected chi connectivity index (χ4v) is 3.18. The molecule has 1 aliphatic heterocycles. The van der Waals surface area contributed by atoms with Crippen LogP contribution in [0.15, 0.2) is 59.0 Å². The van der Waals surface area contributed by atoms with Crippen molar-refractivity contribution in [2.24, 2.45) is 0 Å². The number of ether oxygens (including phenoxy) is 1. The number of likely N-dealkylation sites (tertiary alicyclic amines) is 1. The average Bonchev–Trinajstić information content (AvgIpc) is 3.22. The molecule has 26 heavy (non-hydrogen) atoms. The van der Waals surface area contributed by atoms with Gasteiger partial charge in [0.05, 0.1) is 11.8 Å². The summed E-state index contributed by atoms with van der Waals surface area (Å²) in [6.07, 6.45) is 0.594. The van der Waals surface area contributed by atoms with Crippen LogP contribution in [-0.4, -0.2) is 34.2 Å². The van der Waals surface area contributed by atoms with Crippen LogP contribution in [0.3, 0.4) is 0 Å². The molecule has 3 aromatic rings. The van der Waals surface area contributed by atoms with Crippen molar-refractivity contribution in [2.45, 2.75) is 26.0 Å². The Morgan fingerprint density at radius 2 is 1.96 bits per heavy atom. The molecular weight excluding hydrogens is 328 g/mol. The quantitative estimate of drug-likeness (QED) is 0.753. The van der Waals surface area contributed by atoms with Gasteiger partial charge in [-0.05, 0) is 43.7 Å². The van der Waals surface area contributed by atoms with Gasteiger partial charge in [0.2, 0.25) is 5.89 Å². The highest BCUT2D eigenvalue weighted by molar-refractivity contribution is 5.57. The molecule has 1 fully saturated rings. The van der Waals surface area contributed by atoms with E-state index in [-0.39, 0.29) is 6.10 Å². The third kappa shape index (κ3) is 3.79. The van der Waals surface area contributed by atoms with Gasteiger partial charge >= 0.3 is 0 Å². The number of oxazole rings is 1. The minimum absolute atomic E-state index is 0.228. The number of aromatic nitrogens is 1. The number of rotatable bonds is 5. The largest absolute Gasteiger partial charge is 0.457 e. The SMILES string of the molecule is Cc1oc(-c2cccc(Oc3ccccc3)c2)nc1CN1CC[C@@H](O)C1. The van der Waals surface area contributed by atoms with Crippen molar-refractivity contribution < 1.29 is 14.3 Å². The van der Waals surface area contributed by atoms with Crippen molar-refractivity contribution in [3.8, 4) is 23.0 Å². The van der Waals surface area contributed by atoms with Gasteiger partial charge in [0.15, 0.2) is 0 Å². The molecule has 134 valence electrons.